The Labute approximate surface area is 157 Å². The number of amides is 1. The van der Waals surface area contributed by atoms with E-state index in [-0.39, 0.29) is 11.9 Å². The minimum Gasteiger partial charge on any atom is -0.353 e. The van der Waals surface area contributed by atoms with Crippen molar-refractivity contribution in [3.8, 4) is 5.82 Å². The second-order valence-corrected chi connectivity index (χ2v) is 6.84. The summed E-state index contributed by atoms with van der Waals surface area (Å²) in [6, 6.07) is 10.2. The van der Waals surface area contributed by atoms with Crippen LogP contribution < -0.4 is 10.6 Å². The third-order valence-electron chi connectivity index (χ3n) is 4.96. The normalized spacial score (nSPS) is 19.7. The van der Waals surface area contributed by atoms with Gasteiger partial charge in [-0.15, -0.1) is 5.10 Å². The standard InChI is InChI=1S/C19H23N7O/c1-2-18(27)21-13-7-9-14(10-8-13)22-19-20-12-11-17(23-19)26-16-6-4-3-5-15(16)24-25-26/h3-6,11-14H,2,7-10H2,1H3,(H,21,27)(H,20,22,23)/t13-,14-. The van der Waals surface area contributed by atoms with E-state index >= 15 is 0 Å². The summed E-state index contributed by atoms with van der Waals surface area (Å²) in [6.07, 6.45) is 6.17. The molecule has 1 fully saturated rings. The van der Waals surface area contributed by atoms with Crippen LogP contribution in [-0.4, -0.2) is 43.0 Å². The number of para-hydroxylation sites is 1. The molecule has 3 aromatic rings. The van der Waals surface area contributed by atoms with Crippen LogP contribution in [0.5, 0.6) is 0 Å². The smallest absolute Gasteiger partial charge is 0.224 e. The number of anilines is 1. The first-order chi connectivity index (χ1) is 13.2. The van der Waals surface area contributed by atoms with Gasteiger partial charge in [0.1, 0.15) is 5.52 Å². The Kier molecular flexibility index (Phi) is 4.95. The molecule has 1 aromatic carbocycles. The van der Waals surface area contributed by atoms with Crippen LogP contribution in [0.4, 0.5) is 5.95 Å². The van der Waals surface area contributed by atoms with Gasteiger partial charge in [-0.3, -0.25) is 4.79 Å². The Bertz CT molecular complexity index is 930. The van der Waals surface area contributed by atoms with Crippen LogP contribution in [0.2, 0.25) is 0 Å². The van der Waals surface area contributed by atoms with E-state index < -0.39 is 0 Å². The van der Waals surface area contributed by atoms with Crippen molar-refractivity contribution in [3.05, 3.63) is 36.5 Å². The molecule has 0 unspecified atom stereocenters. The zero-order valence-corrected chi connectivity index (χ0v) is 15.3. The number of carbonyl (C=O) groups excluding carboxylic acids is 1. The van der Waals surface area contributed by atoms with E-state index in [1.807, 2.05) is 37.3 Å². The average Bonchev–Trinajstić information content (AvgIpc) is 3.14. The van der Waals surface area contributed by atoms with Crippen molar-refractivity contribution in [2.24, 2.45) is 0 Å². The van der Waals surface area contributed by atoms with E-state index in [4.69, 9.17) is 0 Å². The highest BCUT2D eigenvalue weighted by molar-refractivity contribution is 5.76. The Morgan fingerprint density at radius 2 is 1.93 bits per heavy atom. The zero-order valence-electron chi connectivity index (χ0n) is 15.3. The van der Waals surface area contributed by atoms with Crippen molar-refractivity contribution in [1.29, 1.82) is 0 Å². The lowest BCUT2D eigenvalue weighted by atomic mass is 9.91. The number of nitrogens with one attached hydrogen (secondary N) is 2. The van der Waals surface area contributed by atoms with Gasteiger partial charge in [0, 0.05) is 30.8 Å². The molecule has 140 valence electrons. The number of carbonyl (C=O) groups is 1. The molecule has 4 rings (SSSR count). The molecule has 0 bridgehead atoms. The summed E-state index contributed by atoms with van der Waals surface area (Å²) in [7, 11) is 0. The van der Waals surface area contributed by atoms with Gasteiger partial charge in [-0.1, -0.05) is 24.3 Å². The van der Waals surface area contributed by atoms with Crippen molar-refractivity contribution >= 4 is 22.9 Å². The molecule has 2 aromatic heterocycles. The molecule has 0 atom stereocenters. The SMILES string of the molecule is CCC(=O)N[C@H]1CC[C@H](Nc2nccc(-n3nnc4ccccc43)n2)CC1. The van der Waals surface area contributed by atoms with Gasteiger partial charge in [0.05, 0.1) is 5.52 Å². The second-order valence-electron chi connectivity index (χ2n) is 6.84. The summed E-state index contributed by atoms with van der Waals surface area (Å²) < 4.78 is 1.72. The molecule has 27 heavy (non-hydrogen) atoms. The van der Waals surface area contributed by atoms with Gasteiger partial charge >= 0.3 is 0 Å². The summed E-state index contributed by atoms with van der Waals surface area (Å²) in [5.74, 6) is 1.40. The molecule has 0 saturated heterocycles. The zero-order chi connectivity index (χ0) is 18.6. The number of hydrogen-bond donors (Lipinski definition) is 2. The van der Waals surface area contributed by atoms with Crippen LogP contribution in [0, 0.1) is 0 Å². The number of fused-ring (bicyclic) bond motifs is 1. The summed E-state index contributed by atoms with van der Waals surface area (Å²) in [5.41, 5.74) is 1.74. The molecule has 2 heterocycles. The first-order valence-corrected chi connectivity index (χ1v) is 9.42. The van der Waals surface area contributed by atoms with Gasteiger partial charge in [0.25, 0.3) is 0 Å². The average molecular weight is 365 g/mol. The van der Waals surface area contributed by atoms with Crippen molar-refractivity contribution in [3.63, 3.8) is 0 Å². The summed E-state index contributed by atoms with van der Waals surface area (Å²) in [5, 5.41) is 14.9. The number of aromatic nitrogens is 5. The lowest BCUT2D eigenvalue weighted by Crippen LogP contribution is -2.40. The Hall–Kier alpha value is -3.03. The van der Waals surface area contributed by atoms with Crippen LogP contribution in [0.25, 0.3) is 16.9 Å². The fourth-order valence-electron chi connectivity index (χ4n) is 3.47. The number of hydrogen-bond acceptors (Lipinski definition) is 6. The molecule has 1 saturated carbocycles. The van der Waals surface area contributed by atoms with Gasteiger partial charge in [-0.2, -0.15) is 9.67 Å². The minimum absolute atomic E-state index is 0.127. The van der Waals surface area contributed by atoms with E-state index in [1.54, 1.807) is 10.9 Å². The van der Waals surface area contributed by atoms with Crippen molar-refractivity contribution in [1.82, 2.24) is 30.3 Å². The Morgan fingerprint density at radius 1 is 1.15 bits per heavy atom. The van der Waals surface area contributed by atoms with Crippen LogP contribution in [0.1, 0.15) is 39.0 Å². The molecule has 0 aliphatic heterocycles. The largest absolute Gasteiger partial charge is 0.353 e. The predicted molar refractivity (Wildman–Crippen MR) is 103 cm³/mol. The van der Waals surface area contributed by atoms with E-state index in [1.165, 1.54) is 0 Å². The van der Waals surface area contributed by atoms with Crippen molar-refractivity contribution < 1.29 is 4.79 Å². The first kappa shape index (κ1) is 17.4. The lowest BCUT2D eigenvalue weighted by molar-refractivity contribution is -0.121. The number of benzene rings is 1. The van der Waals surface area contributed by atoms with E-state index in [0.717, 1.165) is 36.7 Å². The molecule has 1 aliphatic carbocycles. The molecule has 1 aliphatic rings. The highest BCUT2D eigenvalue weighted by Gasteiger charge is 2.22. The van der Waals surface area contributed by atoms with Gasteiger partial charge < -0.3 is 10.6 Å². The van der Waals surface area contributed by atoms with Crippen LogP contribution >= 0.6 is 0 Å². The predicted octanol–water partition coefficient (Wildman–Crippen LogP) is 2.46. The highest BCUT2D eigenvalue weighted by atomic mass is 16.1. The maximum Gasteiger partial charge on any atom is 0.224 e. The summed E-state index contributed by atoms with van der Waals surface area (Å²) in [4.78, 5) is 20.5. The van der Waals surface area contributed by atoms with Gasteiger partial charge in [-0.25, -0.2) is 4.98 Å². The number of rotatable bonds is 5. The Balaban J connectivity index is 1.43. The molecule has 8 nitrogen and oxygen atoms in total. The van der Waals surface area contributed by atoms with Crippen LogP contribution in [0.15, 0.2) is 36.5 Å². The molecule has 8 heteroatoms. The fraction of sp³-hybridized carbons (Fsp3) is 0.421. The first-order valence-electron chi connectivity index (χ1n) is 9.42. The second kappa shape index (κ2) is 7.69. The Morgan fingerprint density at radius 3 is 2.74 bits per heavy atom. The highest BCUT2D eigenvalue weighted by Crippen LogP contribution is 2.22. The van der Waals surface area contributed by atoms with Crippen LogP contribution in [-0.2, 0) is 4.79 Å². The van der Waals surface area contributed by atoms with E-state index in [9.17, 15) is 4.79 Å². The summed E-state index contributed by atoms with van der Waals surface area (Å²) >= 11 is 0. The van der Waals surface area contributed by atoms with Gasteiger partial charge in [-0.05, 0) is 37.8 Å². The van der Waals surface area contributed by atoms with Crippen molar-refractivity contribution in [2.75, 3.05) is 5.32 Å². The molecule has 0 spiro atoms. The minimum atomic E-state index is 0.127. The van der Waals surface area contributed by atoms with E-state index in [2.05, 4.69) is 30.9 Å². The quantitative estimate of drug-likeness (QED) is 0.721. The molecule has 1 amide bonds. The van der Waals surface area contributed by atoms with Gasteiger partial charge in [0.2, 0.25) is 11.9 Å². The maximum atomic E-state index is 11.5. The van der Waals surface area contributed by atoms with Gasteiger partial charge in [0.15, 0.2) is 5.82 Å². The maximum absolute atomic E-state index is 11.5. The topological polar surface area (TPSA) is 97.6 Å². The third-order valence-corrected chi connectivity index (χ3v) is 4.96. The molecule has 2 N–H and O–H groups in total. The third kappa shape index (κ3) is 3.89. The van der Waals surface area contributed by atoms with Crippen LogP contribution in [0.3, 0.4) is 0 Å². The monoisotopic (exact) mass is 365 g/mol. The number of nitrogens with zero attached hydrogens (tertiary/aromatic N) is 5. The van der Waals surface area contributed by atoms with E-state index in [0.29, 0.717) is 24.2 Å². The van der Waals surface area contributed by atoms with Crippen molar-refractivity contribution in [2.45, 2.75) is 51.1 Å². The lowest BCUT2D eigenvalue weighted by Gasteiger charge is -2.29. The molecule has 0 radical (unpaired) electrons. The fourth-order valence-corrected chi connectivity index (χ4v) is 3.47. The molecular formula is C19H23N7O. The molecular weight excluding hydrogens is 342 g/mol. The summed E-state index contributed by atoms with van der Waals surface area (Å²) in [6.45, 7) is 1.88.